The summed E-state index contributed by atoms with van der Waals surface area (Å²) in [6.45, 7) is 5.17. The zero-order valence-corrected chi connectivity index (χ0v) is 15.1. The van der Waals surface area contributed by atoms with E-state index in [1.54, 1.807) is 13.8 Å². The van der Waals surface area contributed by atoms with E-state index in [9.17, 15) is 19.6 Å². The molecule has 8 nitrogen and oxygen atoms in total. The van der Waals surface area contributed by atoms with Gasteiger partial charge in [0.05, 0.1) is 25.2 Å². The van der Waals surface area contributed by atoms with Gasteiger partial charge in [-0.3, -0.25) is 14.4 Å². The third-order valence-electron chi connectivity index (χ3n) is 4.41. The van der Waals surface area contributed by atoms with Gasteiger partial charge in [0.1, 0.15) is 22.8 Å². The lowest BCUT2D eigenvalue weighted by Crippen LogP contribution is -2.47. The molecular weight excluding hydrogens is 340 g/mol. The predicted octanol–water partition coefficient (Wildman–Crippen LogP) is 1.47. The minimum Gasteiger partial charge on any atom is -0.466 e. The fourth-order valence-corrected chi connectivity index (χ4v) is 3.44. The third-order valence-corrected chi connectivity index (χ3v) is 4.41. The first-order chi connectivity index (χ1) is 12.3. The van der Waals surface area contributed by atoms with Crippen molar-refractivity contribution >= 4 is 17.7 Å². The van der Waals surface area contributed by atoms with E-state index in [0.29, 0.717) is 6.42 Å². The van der Waals surface area contributed by atoms with Crippen LogP contribution in [0.5, 0.6) is 0 Å². The normalized spacial score (nSPS) is 25.2. The van der Waals surface area contributed by atoms with E-state index in [-0.39, 0.29) is 54.1 Å². The van der Waals surface area contributed by atoms with Gasteiger partial charge >= 0.3 is 11.9 Å². The molecule has 2 aliphatic rings. The highest BCUT2D eigenvalue weighted by Gasteiger charge is 2.57. The molecule has 1 aliphatic carbocycles. The minimum absolute atomic E-state index is 0.0100. The largest absolute Gasteiger partial charge is 0.466 e. The van der Waals surface area contributed by atoms with Crippen LogP contribution in [-0.4, -0.2) is 30.9 Å². The average Bonchev–Trinajstić information content (AvgIpc) is 2.54. The quantitative estimate of drug-likeness (QED) is 0.728. The van der Waals surface area contributed by atoms with Crippen molar-refractivity contribution in [2.24, 2.45) is 17.1 Å². The third kappa shape index (κ3) is 3.17. The van der Waals surface area contributed by atoms with Gasteiger partial charge in [-0.15, -0.1) is 0 Å². The number of rotatable bonds is 5. The van der Waals surface area contributed by atoms with Crippen molar-refractivity contribution in [3.8, 4) is 6.07 Å². The Morgan fingerprint density at radius 1 is 1.31 bits per heavy atom. The lowest BCUT2D eigenvalue weighted by Gasteiger charge is -2.39. The number of hydrogen-bond acceptors (Lipinski definition) is 8. The van der Waals surface area contributed by atoms with Gasteiger partial charge < -0.3 is 19.9 Å². The van der Waals surface area contributed by atoms with Gasteiger partial charge in [0.25, 0.3) is 0 Å². The molecular formula is C18H22N2O6. The molecule has 2 unspecified atom stereocenters. The Morgan fingerprint density at radius 3 is 2.54 bits per heavy atom. The maximum atomic E-state index is 12.9. The lowest BCUT2D eigenvalue weighted by atomic mass is 9.65. The molecule has 2 N–H and O–H groups in total. The van der Waals surface area contributed by atoms with Crippen LogP contribution in [-0.2, 0) is 28.6 Å². The number of Topliss-reactive ketones (excluding diaryl/α,β-unsaturated/α-hetero) is 1. The Labute approximate surface area is 151 Å². The van der Waals surface area contributed by atoms with Gasteiger partial charge in [-0.25, -0.2) is 0 Å². The summed E-state index contributed by atoms with van der Waals surface area (Å²) >= 11 is 0. The summed E-state index contributed by atoms with van der Waals surface area (Å²) in [4.78, 5) is 38.0. The summed E-state index contributed by atoms with van der Waals surface area (Å²) in [6.07, 6.45) is -0.0131. The molecule has 0 radical (unpaired) electrons. The van der Waals surface area contributed by atoms with Crippen LogP contribution in [0, 0.1) is 22.7 Å². The number of carbonyl (C=O) groups is 3. The van der Waals surface area contributed by atoms with E-state index in [4.69, 9.17) is 19.9 Å². The highest BCUT2D eigenvalue weighted by molar-refractivity contribution is 6.07. The second-order valence-electron chi connectivity index (χ2n) is 6.30. The first-order valence-electron chi connectivity index (χ1n) is 8.49. The molecule has 0 spiro atoms. The fraction of sp³-hybridized carbons (Fsp3) is 0.556. The summed E-state index contributed by atoms with van der Waals surface area (Å²) in [7, 11) is 0. The van der Waals surface area contributed by atoms with E-state index in [2.05, 4.69) is 0 Å². The number of hydrogen-bond donors (Lipinski definition) is 1. The number of allylic oxidation sites excluding steroid dienone is 1. The van der Waals surface area contributed by atoms with E-state index in [1.807, 2.05) is 13.0 Å². The van der Waals surface area contributed by atoms with Gasteiger partial charge in [-0.05, 0) is 19.8 Å². The zero-order chi connectivity index (χ0) is 19.5. The first kappa shape index (κ1) is 19.5. The summed E-state index contributed by atoms with van der Waals surface area (Å²) < 4.78 is 15.6. The van der Waals surface area contributed by atoms with Crippen LogP contribution in [0.3, 0.4) is 0 Å². The SMILES string of the molecule is CCOC(=O)CC1(C(=O)OCC)C(C#N)=C(N)OC2=C1C(=O)CC(C)C2. The molecule has 0 aromatic rings. The molecule has 140 valence electrons. The molecule has 0 saturated heterocycles. The molecule has 26 heavy (non-hydrogen) atoms. The molecule has 0 fully saturated rings. The molecule has 0 aromatic carbocycles. The maximum Gasteiger partial charge on any atom is 0.322 e. The number of esters is 2. The molecule has 1 heterocycles. The molecule has 8 heteroatoms. The van der Waals surface area contributed by atoms with Crippen molar-refractivity contribution in [3.05, 3.63) is 22.8 Å². The second-order valence-corrected chi connectivity index (χ2v) is 6.30. The Balaban J connectivity index is 2.73. The highest BCUT2D eigenvalue weighted by Crippen LogP contribution is 2.50. The van der Waals surface area contributed by atoms with Crippen molar-refractivity contribution in [2.45, 2.75) is 40.0 Å². The second kappa shape index (κ2) is 7.60. The molecule has 2 rings (SSSR count). The number of ketones is 1. The van der Waals surface area contributed by atoms with Crippen LogP contribution in [0.4, 0.5) is 0 Å². The van der Waals surface area contributed by atoms with Crippen molar-refractivity contribution in [1.29, 1.82) is 5.26 Å². The smallest absolute Gasteiger partial charge is 0.322 e. The monoisotopic (exact) mass is 362 g/mol. The van der Waals surface area contributed by atoms with E-state index in [1.165, 1.54) is 0 Å². The van der Waals surface area contributed by atoms with E-state index < -0.39 is 23.8 Å². The lowest BCUT2D eigenvalue weighted by molar-refractivity contribution is -0.159. The number of ether oxygens (including phenoxy) is 3. The first-order valence-corrected chi connectivity index (χ1v) is 8.49. The van der Waals surface area contributed by atoms with Crippen LogP contribution in [0.1, 0.15) is 40.0 Å². The van der Waals surface area contributed by atoms with Crippen LogP contribution < -0.4 is 5.73 Å². The van der Waals surface area contributed by atoms with Crippen molar-refractivity contribution in [2.75, 3.05) is 13.2 Å². The molecule has 1 aliphatic heterocycles. The number of carbonyl (C=O) groups excluding carboxylic acids is 3. The topological polar surface area (TPSA) is 129 Å². The van der Waals surface area contributed by atoms with Gasteiger partial charge in [0.15, 0.2) is 5.78 Å². The average molecular weight is 362 g/mol. The van der Waals surface area contributed by atoms with Crippen molar-refractivity contribution in [1.82, 2.24) is 0 Å². The Morgan fingerprint density at radius 2 is 1.96 bits per heavy atom. The standard InChI is InChI=1S/C18H22N2O6/c1-4-24-14(22)8-18(17(23)25-5-2)11(9-19)16(20)26-13-7-10(3)6-12(21)15(13)18/h10H,4-8,20H2,1-3H3. The minimum atomic E-state index is -1.94. The fourth-order valence-electron chi connectivity index (χ4n) is 3.44. The number of nitriles is 1. The summed E-state index contributed by atoms with van der Waals surface area (Å²) in [5, 5.41) is 9.62. The number of nitrogens with zero attached hydrogens (tertiary/aromatic N) is 1. The predicted molar refractivity (Wildman–Crippen MR) is 88.7 cm³/mol. The molecule has 0 saturated carbocycles. The van der Waals surface area contributed by atoms with Crippen LogP contribution in [0.15, 0.2) is 22.8 Å². The van der Waals surface area contributed by atoms with Crippen LogP contribution in [0.2, 0.25) is 0 Å². The highest BCUT2D eigenvalue weighted by atomic mass is 16.5. The van der Waals surface area contributed by atoms with Gasteiger partial charge in [-0.2, -0.15) is 5.26 Å². The summed E-state index contributed by atoms with van der Waals surface area (Å²) in [6, 6.07) is 1.83. The Kier molecular flexibility index (Phi) is 5.70. The van der Waals surface area contributed by atoms with Crippen molar-refractivity contribution in [3.63, 3.8) is 0 Å². The molecule has 0 amide bonds. The van der Waals surface area contributed by atoms with Gasteiger partial charge in [0, 0.05) is 12.8 Å². The zero-order valence-electron chi connectivity index (χ0n) is 15.1. The van der Waals surface area contributed by atoms with Gasteiger partial charge in [-0.1, -0.05) is 6.92 Å². The van der Waals surface area contributed by atoms with Crippen LogP contribution in [0.25, 0.3) is 0 Å². The molecule has 2 atom stereocenters. The van der Waals surface area contributed by atoms with E-state index in [0.717, 1.165) is 0 Å². The van der Waals surface area contributed by atoms with Crippen molar-refractivity contribution < 1.29 is 28.6 Å². The maximum absolute atomic E-state index is 12.9. The van der Waals surface area contributed by atoms with Crippen LogP contribution >= 0.6 is 0 Å². The molecule has 0 aromatic heterocycles. The molecule has 0 bridgehead atoms. The van der Waals surface area contributed by atoms with E-state index >= 15 is 0 Å². The summed E-state index contributed by atoms with van der Waals surface area (Å²) in [5.74, 6) is -2.09. The Hall–Kier alpha value is -2.82. The number of nitrogens with two attached hydrogens (primary N) is 1. The Bertz CT molecular complexity index is 745. The van der Waals surface area contributed by atoms with Gasteiger partial charge in [0.2, 0.25) is 5.88 Å². The summed E-state index contributed by atoms with van der Waals surface area (Å²) in [5.41, 5.74) is 3.62.